The van der Waals surface area contributed by atoms with E-state index in [4.69, 9.17) is 4.42 Å². The monoisotopic (exact) mass is 383 g/mol. The largest absolute Gasteiger partial charge is 0.464 e. The predicted molar refractivity (Wildman–Crippen MR) is 109 cm³/mol. The van der Waals surface area contributed by atoms with Crippen LogP contribution in [0, 0.1) is 10.8 Å². The second kappa shape index (κ2) is 8.19. The Morgan fingerprint density at radius 2 is 2.04 bits per heavy atom. The second-order valence-electron chi connectivity index (χ2n) is 9.05. The fraction of sp³-hybridized carbons (Fsp3) is 0.545. The van der Waals surface area contributed by atoms with Gasteiger partial charge in [-0.2, -0.15) is 0 Å². The van der Waals surface area contributed by atoms with Crippen LogP contribution in [-0.2, 0) is 11.2 Å². The van der Waals surface area contributed by atoms with E-state index >= 15 is 0 Å². The molecule has 1 saturated carbocycles. The molecule has 2 atom stereocenters. The molecule has 1 aliphatic carbocycles. The zero-order valence-corrected chi connectivity index (χ0v) is 16.9. The topological polar surface area (TPSA) is 83.7 Å². The minimum atomic E-state index is -0.173. The summed E-state index contributed by atoms with van der Waals surface area (Å²) in [5.41, 5.74) is 1.94. The summed E-state index contributed by atoms with van der Waals surface area (Å²) < 4.78 is 5.53. The number of hydrogen-bond donors (Lipinski definition) is 2. The van der Waals surface area contributed by atoms with Crippen molar-refractivity contribution in [1.82, 2.24) is 10.6 Å². The van der Waals surface area contributed by atoms with Gasteiger partial charge < -0.3 is 15.1 Å². The van der Waals surface area contributed by atoms with Crippen LogP contribution < -0.4 is 10.6 Å². The molecule has 0 bridgehead atoms. The van der Waals surface area contributed by atoms with Crippen molar-refractivity contribution in [3.8, 4) is 0 Å². The number of carbonyl (C=O) groups excluding carboxylic acids is 2. The molecule has 28 heavy (non-hydrogen) atoms. The molecule has 0 saturated heterocycles. The zero-order chi connectivity index (χ0) is 20.2. The molecule has 1 fully saturated rings. The van der Waals surface area contributed by atoms with Crippen LogP contribution in [-0.4, -0.2) is 31.2 Å². The Balaban J connectivity index is 1.48. The van der Waals surface area contributed by atoms with Crippen molar-refractivity contribution >= 4 is 23.1 Å². The first-order valence-electron chi connectivity index (χ1n) is 9.84. The highest BCUT2D eigenvalue weighted by molar-refractivity contribution is 5.81. The van der Waals surface area contributed by atoms with Gasteiger partial charge in [0.25, 0.3) is 0 Å². The molecule has 3 rings (SSSR count). The van der Waals surface area contributed by atoms with Gasteiger partial charge in [0.2, 0.25) is 6.08 Å². The third-order valence-corrected chi connectivity index (χ3v) is 5.57. The number of amides is 2. The van der Waals surface area contributed by atoms with E-state index in [1.54, 1.807) is 12.3 Å². The zero-order valence-electron chi connectivity index (χ0n) is 16.9. The Labute approximate surface area is 165 Å². The molecule has 2 N–H and O–H groups in total. The van der Waals surface area contributed by atoms with Gasteiger partial charge in [0.1, 0.15) is 5.58 Å². The van der Waals surface area contributed by atoms with Crippen molar-refractivity contribution in [2.24, 2.45) is 15.8 Å². The van der Waals surface area contributed by atoms with E-state index in [2.05, 4.69) is 36.4 Å². The van der Waals surface area contributed by atoms with Crippen molar-refractivity contribution in [1.29, 1.82) is 0 Å². The molecule has 0 aliphatic heterocycles. The van der Waals surface area contributed by atoms with Crippen LogP contribution >= 0.6 is 0 Å². The second-order valence-corrected chi connectivity index (χ2v) is 9.05. The lowest BCUT2D eigenvalue weighted by atomic mass is 9.63. The number of nitrogens with one attached hydrogen (secondary N) is 2. The lowest BCUT2D eigenvalue weighted by Crippen LogP contribution is -2.47. The van der Waals surface area contributed by atoms with Crippen molar-refractivity contribution in [2.75, 3.05) is 13.1 Å². The van der Waals surface area contributed by atoms with Crippen LogP contribution in [0.25, 0.3) is 11.0 Å². The van der Waals surface area contributed by atoms with Crippen molar-refractivity contribution < 1.29 is 14.0 Å². The molecule has 0 spiro atoms. The average molecular weight is 383 g/mol. The van der Waals surface area contributed by atoms with E-state index in [1.165, 1.54) is 0 Å². The number of para-hydroxylation sites is 1. The van der Waals surface area contributed by atoms with Crippen LogP contribution in [0.2, 0.25) is 0 Å². The summed E-state index contributed by atoms with van der Waals surface area (Å²) in [7, 11) is 0. The normalized spacial score (nSPS) is 23.8. The van der Waals surface area contributed by atoms with E-state index in [-0.39, 0.29) is 22.9 Å². The van der Waals surface area contributed by atoms with E-state index in [0.29, 0.717) is 19.5 Å². The number of aliphatic imine (C=N–C) groups is 1. The standard InChI is InChI=1S/C22H29N3O3/c1-21(2)10-17(25-15-26)11-22(3,13-21)14-24-20(27)23-9-8-16-12-28-19-7-5-4-6-18(16)19/h4-7,12,17H,8-11,13-14H2,1-3H3,(H2,23,24,27). The summed E-state index contributed by atoms with van der Waals surface area (Å²) in [6, 6.07) is 7.69. The predicted octanol–water partition coefficient (Wildman–Crippen LogP) is 4.20. The Hall–Kier alpha value is -2.59. The van der Waals surface area contributed by atoms with Gasteiger partial charge in [-0.1, -0.05) is 39.0 Å². The van der Waals surface area contributed by atoms with Gasteiger partial charge in [0, 0.05) is 18.5 Å². The van der Waals surface area contributed by atoms with Crippen LogP contribution in [0.4, 0.5) is 4.79 Å². The van der Waals surface area contributed by atoms with Gasteiger partial charge >= 0.3 is 6.03 Å². The number of isocyanates is 1. The maximum absolute atomic E-state index is 12.3. The van der Waals surface area contributed by atoms with Crippen LogP contribution in [0.15, 0.2) is 39.9 Å². The number of fused-ring (bicyclic) bond motifs is 1. The Kier molecular flexibility index (Phi) is 5.90. The molecule has 2 aromatic rings. The Morgan fingerprint density at radius 1 is 1.25 bits per heavy atom. The van der Waals surface area contributed by atoms with Crippen molar-refractivity contribution in [3.63, 3.8) is 0 Å². The quantitative estimate of drug-likeness (QED) is 0.579. The molecule has 2 amide bonds. The molecular formula is C22H29N3O3. The Bertz CT molecular complexity index is 882. The lowest BCUT2D eigenvalue weighted by Gasteiger charge is -2.45. The molecule has 1 aromatic carbocycles. The molecule has 0 radical (unpaired) electrons. The number of furan rings is 1. The van der Waals surface area contributed by atoms with Crippen LogP contribution in [0.3, 0.4) is 0 Å². The van der Waals surface area contributed by atoms with Gasteiger partial charge in [0.05, 0.1) is 12.3 Å². The average Bonchev–Trinajstić information content (AvgIpc) is 3.02. The summed E-state index contributed by atoms with van der Waals surface area (Å²) in [5, 5.41) is 7.01. The molecular weight excluding hydrogens is 354 g/mol. The van der Waals surface area contributed by atoms with Crippen molar-refractivity contribution in [2.45, 2.75) is 52.5 Å². The molecule has 150 valence electrons. The molecule has 1 aromatic heterocycles. The Morgan fingerprint density at radius 3 is 2.82 bits per heavy atom. The number of benzene rings is 1. The number of rotatable bonds is 6. The van der Waals surface area contributed by atoms with E-state index in [0.717, 1.165) is 35.8 Å². The maximum atomic E-state index is 12.3. The third kappa shape index (κ3) is 5.02. The fourth-order valence-corrected chi connectivity index (χ4v) is 4.77. The highest BCUT2D eigenvalue weighted by Crippen LogP contribution is 2.46. The van der Waals surface area contributed by atoms with Gasteiger partial charge in [-0.15, -0.1) is 0 Å². The highest BCUT2D eigenvalue weighted by atomic mass is 16.3. The number of hydrogen-bond acceptors (Lipinski definition) is 4. The third-order valence-electron chi connectivity index (χ3n) is 5.57. The lowest BCUT2D eigenvalue weighted by molar-refractivity contribution is 0.0850. The first-order chi connectivity index (χ1) is 13.3. The smallest absolute Gasteiger partial charge is 0.314 e. The first-order valence-corrected chi connectivity index (χ1v) is 9.84. The summed E-state index contributed by atoms with van der Waals surface area (Å²) >= 11 is 0. The summed E-state index contributed by atoms with van der Waals surface area (Å²) in [4.78, 5) is 26.9. The van der Waals surface area contributed by atoms with Gasteiger partial charge in [-0.05, 0) is 48.1 Å². The number of urea groups is 1. The van der Waals surface area contributed by atoms with E-state index < -0.39 is 0 Å². The molecule has 1 heterocycles. The maximum Gasteiger partial charge on any atom is 0.314 e. The van der Waals surface area contributed by atoms with Gasteiger partial charge in [-0.25, -0.2) is 14.6 Å². The van der Waals surface area contributed by atoms with Crippen LogP contribution in [0.5, 0.6) is 0 Å². The van der Waals surface area contributed by atoms with Crippen molar-refractivity contribution in [3.05, 3.63) is 36.1 Å². The SMILES string of the molecule is CC1(C)CC(N=C=O)CC(C)(CNC(=O)NCCc2coc3ccccc23)C1. The highest BCUT2D eigenvalue weighted by Gasteiger charge is 2.41. The molecule has 2 unspecified atom stereocenters. The number of carbonyl (C=O) groups is 1. The van der Waals surface area contributed by atoms with Gasteiger partial charge in [-0.3, -0.25) is 0 Å². The summed E-state index contributed by atoms with van der Waals surface area (Å²) in [6.07, 6.45) is 6.81. The molecule has 6 heteroatoms. The van der Waals surface area contributed by atoms with Gasteiger partial charge in [0.15, 0.2) is 0 Å². The first kappa shape index (κ1) is 20.2. The molecule has 6 nitrogen and oxygen atoms in total. The van der Waals surface area contributed by atoms with E-state index in [1.807, 2.05) is 24.3 Å². The molecule has 1 aliphatic rings. The minimum Gasteiger partial charge on any atom is -0.464 e. The summed E-state index contributed by atoms with van der Waals surface area (Å²) in [6.45, 7) is 7.62. The minimum absolute atomic E-state index is 0.0227. The summed E-state index contributed by atoms with van der Waals surface area (Å²) in [5.74, 6) is 0. The van der Waals surface area contributed by atoms with E-state index in [9.17, 15) is 9.59 Å². The van der Waals surface area contributed by atoms with Crippen LogP contribution in [0.1, 0.15) is 45.6 Å². The number of nitrogens with zero attached hydrogens (tertiary/aromatic N) is 1. The fourth-order valence-electron chi connectivity index (χ4n) is 4.77.